The average Bonchev–Trinajstić information content (AvgIpc) is 2.70. The van der Waals surface area contributed by atoms with Crippen molar-refractivity contribution in [2.75, 3.05) is 0 Å². The molecule has 0 saturated heterocycles. The van der Waals surface area contributed by atoms with Crippen molar-refractivity contribution in [3.8, 4) is 0 Å². The third-order valence-electron chi connectivity index (χ3n) is 4.21. The molecule has 0 fully saturated rings. The lowest BCUT2D eigenvalue weighted by Crippen LogP contribution is -2.24. The highest BCUT2D eigenvalue weighted by Gasteiger charge is 2.30. The molecule has 3 heteroatoms. The summed E-state index contributed by atoms with van der Waals surface area (Å²) in [6, 6.07) is 26.2. The lowest BCUT2D eigenvalue weighted by molar-refractivity contribution is -0.118. The summed E-state index contributed by atoms with van der Waals surface area (Å²) in [7, 11) is 0. The van der Waals surface area contributed by atoms with Crippen LogP contribution in [0.1, 0.15) is 38.6 Å². The minimum Gasteiger partial charge on any atom is -0.298 e. The van der Waals surface area contributed by atoms with Crippen molar-refractivity contribution in [1.82, 2.24) is 0 Å². The predicted molar refractivity (Wildman–Crippen MR) is 100 cm³/mol. The molecule has 0 aliphatic heterocycles. The Balaban J connectivity index is 1.89. The number of hydrogen-bond acceptors (Lipinski definition) is 3. The van der Waals surface area contributed by atoms with Gasteiger partial charge in [0.1, 0.15) is 5.92 Å². The lowest BCUT2D eigenvalue weighted by atomic mass is 9.85. The van der Waals surface area contributed by atoms with E-state index in [0.29, 0.717) is 16.7 Å². The van der Waals surface area contributed by atoms with Crippen LogP contribution in [0.3, 0.4) is 0 Å². The third-order valence-corrected chi connectivity index (χ3v) is 4.21. The highest BCUT2D eigenvalue weighted by atomic mass is 16.2. The highest BCUT2D eigenvalue weighted by Crippen LogP contribution is 2.24. The van der Waals surface area contributed by atoms with Gasteiger partial charge in [-0.25, -0.2) is 0 Å². The molecule has 1 unspecified atom stereocenters. The summed E-state index contributed by atoms with van der Waals surface area (Å²) in [6.07, 6.45) is -0.303. The first-order valence-corrected chi connectivity index (χ1v) is 8.42. The topological polar surface area (TPSA) is 51.2 Å². The first-order chi connectivity index (χ1) is 12.7. The predicted octanol–water partition coefficient (Wildman–Crippen LogP) is 4.50. The molecular formula is C23H18O3. The molecule has 3 aromatic carbocycles. The largest absolute Gasteiger partial charge is 0.298 e. The van der Waals surface area contributed by atoms with Gasteiger partial charge in [0.05, 0.1) is 6.42 Å². The van der Waals surface area contributed by atoms with E-state index in [2.05, 4.69) is 0 Å². The van der Waals surface area contributed by atoms with Crippen LogP contribution < -0.4 is 0 Å². The summed E-state index contributed by atoms with van der Waals surface area (Å²) in [4.78, 5) is 38.3. The molecule has 3 rings (SSSR count). The van der Waals surface area contributed by atoms with Crippen molar-refractivity contribution in [2.24, 2.45) is 0 Å². The van der Waals surface area contributed by atoms with Crippen molar-refractivity contribution in [3.63, 3.8) is 0 Å². The maximum Gasteiger partial charge on any atom is 0.177 e. The fourth-order valence-corrected chi connectivity index (χ4v) is 2.88. The van der Waals surface area contributed by atoms with Gasteiger partial charge in [0.25, 0.3) is 0 Å². The first-order valence-electron chi connectivity index (χ1n) is 8.42. The van der Waals surface area contributed by atoms with Crippen LogP contribution in [0.25, 0.3) is 0 Å². The van der Waals surface area contributed by atoms with E-state index in [1.807, 2.05) is 18.2 Å². The number of hydrogen-bond donors (Lipinski definition) is 0. The Labute approximate surface area is 152 Å². The smallest absolute Gasteiger partial charge is 0.177 e. The van der Waals surface area contributed by atoms with Crippen LogP contribution in [0.5, 0.6) is 0 Å². The van der Waals surface area contributed by atoms with E-state index in [4.69, 9.17) is 0 Å². The highest BCUT2D eigenvalue weighted by molar-refractivity contribution is 6.20. The van der Waals surface area contributed by atoms with Crippen LogP contribution >= 0.6 is 0 Å². The lowest BCUT2D eigenvalue weighted by Gasteiger charge is -2.15. The Morgan fingerprint density at radius 2 is 1.08 bits per heavy atom. The molecule has 1 atom stereocenters. The summed E-state index contributed by atoms with van der Waals surface area (Å²) in [6.45, 7) is 0. The number of benzene rings is 3. The van der Waals surface area contributed by atoms with Crippen molar-refractivity contribution in [1.29, 1.82) is 0 Å². The zero-order valence-electron chi connectivity index (χ0n) is 14.2. The van der Waals surface area contributed by atoms with E-state index in [-0.39, 0.29) is 23.8 Å². The zero-order chi connectivity index (χ0) is 18.4. The van der Waals surface area contributed by atoms with Gasteiger partial charge in [0.2, 0.25) is 0 Å². The number of Topliss-reactive ketones (excluding diaryl/α,β-unsaturated/α-hetero) is 3. The second-order valence-corrected chi connectivity index (χ2v) is 6.01. The molecule has 0 amide bonds. The molecule has 128 valence electrons. The van der Waals surface area contributed by atoms with Crippen LogP contribution in [0.4, 0.5) is 0 Å². The Kier molecular flexibility index (Phi) is 5.49. The summed E-state index contributed by atoms with van der Waals surface area (Å²) in [5.74, 6) is -1.94. The van der Waals surface area contributed by atoms with Gasteiger partial charge in [0, 0.05) is 11.1 Å². The van der Waals surface area contributed by atoms with Crippen molar-refractivity contribution < 1.29 is 14.4 Å². The Hall–Kier alpha value is -3.33. The Morgan fingerprint density at radius 1 is 0.615 bits per heavy atom. The molecular weight excluding hydrogens is 324 g/mol. The van der Waals surface area contributed by atoms with Gasteiger partial charge in [0.15, 0.2) is 17.3 Å². The maximum absolute atomic E-state index is 13.0. The van der Waals surface area contributed by atoms with Crippen LogP contribution in [0, 0.1) is 0 Å². The second kappa shape index (κ2) is 8.17. The number of rotatable bonds is 7. The van der Waals surface area contributed by atoms with Crippen LogP contribution in [-0.4, -0.2) is 17.3 Å². The third kappa shape index (κ3) is 4.01. The van der Waals surface area contributed by atoms with Gasteiger partial charge >= 0.3 is 0 Å². The van der Waals surface area contributed by atoms with Crippen molar-refractivity contribution in [3.05, 3.63) is 108 Å². The molecule has 0 saturated carbocycles. The summed E-state index contributed by atoms with van der Waals surface area (Å²) in [5, 5.41) is 0. The van der Waals surface area contributed by atoms with E-state index in [9.17, 15) is 14.4 Å². The summed E-state index contributed by atoms with van der Waals surface area (Å²) in [5.41, 5.74) is 1.54. The molecule has 26 heavy (non-hydrogen) atoms. The molecule has 0 aliphatic carbocycles. The van der Waals surface area contributed by atoms with Crippen molar-refractivity contribution >= 4 is 17.3 Å². The number of ketones is 3. The summed E-state index contributed by atoms with van der Waals surface area (Å²) < 4.78 is 0. The molecule has 0 radical (unpaired) electrons. The van der Waals surface area contributed by atoms with Gasteiger partial charge in [-0.3, -0.25) is 14.4 Å². The Bertz CT molecular complexity index is 900. The molecule has 3 aromatic rings. The van der Waals surface area contributed by atoms with Gasteiger partial charge in [-0.1, -0.05) is 91.0 Å². The molecule has 0 aliphatic rings. The molecule has 0 heterocycles. The van der Waals surface area contributed by atoms with E-state index < -0.39 is 5.92 Å². The summed E-state index contributed by atoms with van der Waals surface area (Å²) >= 11 is 0. The standard InChI is InChI=1S/C23H18O3/c24-20(17-10-4-1-5-11-17)16-21(25)22(18-12-6-2-7-13-18)23(26)19-14-8-3-9-15-19/h1-15,22H,16H2. The number of carbonyl (C=O) groups excluding carboxylic acids is 3. The fraction of sp³-hybridized carbons (Fsp3) is 0.0870. The van der Waals surface area contributed by atoms with Gasteiger partial charge in [-0.2, -0.15) is 0 Å². The van der Waals surface area contributed by atoms with Crippen molar-refractivity contribution in [2.45, 2.75) is 12.3 Å². The minimum absolute atomic E-state index is 0.280. The SMILES string of the molecule is O=C(CC(=O)C(C(=O)c1ccccc1)c1ccccc1)c1ccccc1. The van der Waals surface area contributed by atoms with Gasteiger partial charge in [-0.15, -0.1) is 0 Å². The van der Waals surface area contributed by atoms with E-state index in [0.717, 1.165) is 0 Å². The molecule has 0 N–H and O–H groups in total. The number of carbonyl (C=O) groups is 3. The van der Waals surface area contributed by atoms with E-state index >= 15 is 0 Å². The average molecular weight is 342 g/mol. The van der Waals surface area contributed by atoms with E-state index in [1.165, 1.54) is 0 Å². The minimum atomic E-state index is -0.980. The van der Waals surface area contributed by atoms with E-state index in [1.54, 1.807) is 72.8 Å². The van der Waals surface area contributed by atoms with Gasteiger partial charge < -0.3 is 0 Å². The maximum atomic E-state index is 13.0. The Morgan fingerprint density at radius 3 is 1.62 bits per heavy atom. The fourth-order valence-electron chi connectivity index (χ4n) is 2.88. The second-order valence-electron chi connectivity index (χ2n) is 6.01. The molecule has 0 spiro atoms. The normalized spacial score (nSPS) is 11.5. The quantitative estimate of drug-likeness (QED) is 0.469. The van der Waals surface area contributed by atoms with Crippen LogP contribution in [0.15, 0.2) is 91.0 Å². The molecule has 0 aromatic heterocycles. The molecule has 0 bridgehead atoms. The first kappa shape index (κ1) is 17.5. The van der Waals surface area contributed by atoms with Crippen LogP contribution in [0.2, 0.25) is 0 Å². The molecule has 3 nitrogen and oxygen atoms in total. The zero-order valence-corrected chi connectivity index (χ0v) is 14.2. The monoisotopic (exact) mass is 342 g/mol. The van der Waals surface area contributed by atoms with Gasteiger partial charge in [-0.05, 0) is 5.56 Å². The van der Waals surface area contributed by atoms with Crippen LogP contribution in [-0.2, 0) is 4.79 Å².